The molecular weight excluding hydrogens is 360 g/mol. The van der Waals surface area contributed by atoms with E-state index >= 15 is 0 Å². The van der Waals surface area contributed by atoms with Crippen molar-refractivity contribution in [2.75, 3.05) is 12.3 Å². The third-order valence-corrected chi connectivity index (χ3v) is 5.46. The first kappa shape index (κ1) is 18.7. The highest BCUT2D eigenvalue weighted by atomic mass is 32.1. The summed E-state index contributed by atoms with van der Waals surface area (Å²) in [5.41, 5.74) is 8.42. The van der Waals surface area contributed by atoms with Gasteiger partial charge in [-0.3, -0.25) is 0 Å². The lowest BCUT2D eigenvalue weighted by molar-refractivity contribution is 0.0554. The summed E-state index contributed by atoms with van der Waals surface area (Å²) in [6.07, 6.45) is 3.31. The summed E-state index contributed by atoms with van der Waals surface area (Å²) in [4.78, 5) is 17.1. The monoisotopic (exact) mass is 380 g/mol. The Bertz CT molecular complexity index is 1090. The van der Waals surface area contributed by atoms with Crippen LogP contribution in [-0.2, 0) is 10.3 Å². The lowest BCUT2D eigenvalue weighted by Crippen LogP contribution is -2.22. The zero-order valence-electron chi connectivity index (χ0n) is 15.4. The molecule has 1 aromatic carbocycles. The lowest BCUT2D eigenvalue weighted by Gasteiger charge is -2.19. The number of ether oxygens (including phenoxy) is 1. The van der Waals surface area contributed by atoms with E-state index in [9.17, 15) is 10.1 Å². The van der Waals surface area contributed by atoms with E-state index in [1.165, 1.54) is 17.4 Å². The summed E-state index contributed by atoms with van der Waals surface area (Å²) in [5.74, 6) is -0.404. The maximum absolute atomic E-state index is 12.1. The average molecular weight is 380 g/mol. The number of carbonyl (C=O) groups excluding carboxylic acids is 1. The number of rotatable bonds is 5. The Morgan fingerprint density at radius 3 is 2.93 bits per heavy atom. The van der Waals surface area contributed by atoms with E-state index < -0.39 is 11.5 Å². The number of hydrogen-bond donors (Lipinski definition) is 1. The van der Waals surface area contributed by atoms with Crippen LogP contribution in [0.5, 0.6) is 0 Å². The maximum atomic E-state index is 12.1. The van der Waals surface area contributed by atoms with E-state index in [4.69, 9.17) is 10.5 Å². The molecule has 0 unspecified atom stereocenters. The van der Waals surface area contributed by atoms with Gasteiger partial charge in [-0.25, -0.2) is 9.78 Å². The van der Waals surface area contributed by atoms with Crippen LogP contribution < -0.4 is 5.73 Å². The number of esters is 1. The predicted octanol–water partition coefficient (Wildman–Crippen LogP) is 4.26. The van der Waals surface area contributed by atoms with Crippen LogP contribution >= 0.6 is 11.3 Å². The second-order valence-electron chi connectivity index (χ2n) is 6.68. The van der Waals surface area contributed by atoms with Crippen LogP contribution in [0.25, 0.3) is 21.5 Å². The van der Waals surface area contributed by atoms with Gasteiger partial charge in [0, 0.05) is 17.1 Å². The van der Waals surface area contributed by atoms with Gasteiger partial charge in [0.1, 0.15) is 22.0 Å². The molecule has 27 heavy (non-hydrogen) atoms. The lowest BCUT2D eigenvalue weighted by atomic mass is 10.1. The van der Waals surface area contributed by atoms with Crippen molar-refractivity contribution in [3.05, 3.63) is 47.6 Å². The van der Waals surface area contributed by atoms with Crippen molar-refractivity contribution in [2.45, 2.75) is 26.3 Å². The molecule has 2 N–H and O–H groups in total. The molecule has 0 radical (unpaired) electrons. The summed E-state index contributed by atoms with van der Waals surface area (Å²) in [7, 11) is 0. The molecular formula is C20H20N4O2S. The van der Waals surface area contributed by atoms with E-state index in [2.05, 4.69) is 17.6 Å². The topological polar surface area (TPSA) is 93.9 Å². The Hall–Kier alpha value is -3.11. The highest BCUT2D eigenvalue weighted by Crippen LogP contribution is 2.35. The van der Waals surface area contributed by atoms with Gasteiger partial charge < -0.3 is 15.0 Å². The minimum absolute atomic E-state index is 0.163. The fraction of sp³-hybridized carbons (Fsp3) is 0.250. The predicted molar refractivity (Wildman–Crippen MR) is 108 cm³/mol. The fourth-order valence-corrected chi connectivity index (χ4v) is 3.77. The zero-order valence-corrected chi connectivity index (χ0v) is 16.3. The number of nitrogens with two attached hydrogens (primary N) is 1. The molecule has 0 saturated heterocycles. The number of benzene rings is 1. The van der Waals surface area contributed by atoms with E-state index in [1.54, 1.807) is 13.1 Å². The number of nitrogen functional groups attached to an aromatic ring is 1. The van der Waals surface area contributed by atoms with Crippen molar-refractivity contribution in [3.8, 4) is 16.6 Å². The molecule has 0 spiro atoms. The van der Waals surface area contributed by atoms with Crippen LogP contribution in [0, 0.1) is 18.3 Å². The number of nitriles is 1. The van der Waals surface area contributed by atoms with E-state index in [0.717, 1.165) is 16.5 Å². The van der Waals surface area contributed by atoms with E-state index in [0.29, 0.717) is 21.3 Å². The van der Waals surface area contributed by atoms with Gasteiger partial charge in [0.05, 0.1) is 23.0 Å². The van der Waals surface area contributed by atoms with Crippen LogP contribution in [0.1, 0.15) is 29.2 Å². The number of fused-ring (bicyclic) bond motifs is 1. The molecule has 0 aliphatic rings. The molecule has 0 saturated carbocycles. The first-order valence-corrected chi connectivity index (χ1v) is 9.18. The van der Waals surface area contributed by atoms with E-state index in [-0.39, 0.29) is 6.61 Å². The van der Waals surface area contributed by atoms with Gasteiger partial charge in [0.15, 0.2) is 0 Å². The Balaban J connectivity index is 2.04. The molecule has 0 bridgehead atoms. The molecule has 7 heteroatoms. The molecule has 3 rings (SSSR count). The second-order valence-corrected chi connectivity index (χ2v) is 7.68. The molecule has 0 fully saturated rings. The first-order chi connectivity index (χ1) is 12.8. The number of aromatic nitrogens is 2. The average Bonchev–Trinajstić information content (AvgIpc) is 3.20. The molecule has 6 nitrogen and oxygen atoms in total. The van der Waals surface area contributed by atoms with Crippen molar-refractivity contribution in [1.82, 2.24) is 9.55 Å². The molecule has 0 aliphatic carbocycles. The Morgan fingerprint density at radius 1 is 1.52 bits per heavy atom. The summed E-state index contributed by atoms with van der Waals surface area (Å²) < 4.78 is 6.98. The van der Waals surface area contributed by atoms with Crippen molar-refractivity contribution in [2.24, 2.45) is 0 Å². The third kappa shape index (κ3) is 3.32. The highest BCUT2D eigenvalue weighted by Gasteiger charge is 2.23. The SMILES string of the molecule is C=CCOC(=O)c1sc(-c2ccc3c(c2)c(N)cn3C(C)(C)C#N)nc1C. The van der Waals surface area contributed by atoms with Gasteiger partial charge in [-0.05, 0) is 39.0 Å². The standard InChI is InChI=1S/C20H20N4O2S/c1-5-8-26-19(25)17-12(2)23-18(27-17)13-6-7-16-14(9-13)15(22)10-24(16)20(3,4)11-21/h5-7,9-10H,1,8,22H2,2-4H3. The summed E-state index contributed by atoms with van der Waals surface area (Å²) >= 11 is 1.28. The minimum atomic E-state index is -0.711. The van der Waals surface area contributed by atoms with Crippen LogP contribution in [0.3, 0.4) is 0 Å². The number of thiazole rings is 1. The highest BCUT2D eigenvalue weighted by molar-refractivity contribution is 7.17. The first-order valence-electron chi connectivity index (χ1n) is 8.36. The summed E-state index contributed by atoms with van der Waals surface area (Å²) in [5, 5.41) is 11.0. The number of hydrogen-bond acceptors (Lipinski definition) is 6. The van der Waals surface area contributed by atoms with Gasteiger partial charge >= 0.3 is 5.97 Å². The quantitative estimate of drug-likeness (QED) is 0.527. The summed E-state index contributed by atoms with van der Waals surface area (Å²) in [6, 6.07) is 8.07. The van der Waals surface area contributed by atoms with Gasteiger partial charge in [-0.15, -0.1) is 11.3 Å². The van der Waals surface area contributed by atoms with Crippen molar-refractivity contribution in [1.29, 1.82) is 5.26 Å². The van der Waals surface area contributed by atoms with Crippen molar-refractivity contribution < 1.29 is 9.53 Å². The summed E-state index contributed by atoms with van der Waals surface area (Å²) in [6.45, 7) is 9.16. The van der Waals surface area contributed by atoms with Crippen LogP contribution in [0.15, 0.2) is 37.1 Å². The van der Waals surface area contributed by atoms with Gasteiger partial charge in [-0.2, -0.15) is 5.26 Å². The number of aryl methyl sites for hydroxylation is 1. The zero-order chi connectivity index (χ0) is 19.8. The smallest absolute Gasteiger partial charge is 0.350 e. The molecule has 0 atom stereocenters. The Morgan fingerprint density at radius 2 is 2.26 bits per heavy atom. The number of nitrogens with zero attached hydrogens (tertiary/aromatic N) is 3. The van der Waals surface area contributed by atoms with Crippen molar-refractivity contribution in [3.63, 3.8) is 0 Å². The van der Waals surface area contributed by atoms with Crippen LogP contribution in [0.4, 0.5) is 5.69 Å². The number of anilines is 1. The molecule has 138 valence electrons. The molecule has 2 heterocycles. The van der Waals surface area contributed by atoms with Gasteiger partial charge in [0.2, 0.25) is 0 Å². The number of carbonyl (C=O) groups is 1. The Kier molecular flexibility index (Phi) is 4.77. The largest absolute Gasteiger partial charge is 0.457 e. The van der Waals surface area contributed by atoms with E-state index in [1.807, 2.05) is 36.6 Å². The maximum Gasteiger partial charge on any atom is 0.350 e. The third-order valence-electron chi connectivity index (χ3n) is 4.27. The Labute approximate surface area is 161 Å². The molecule has 2 aromatic heterocycles. The van der Waals surface area contributed by atoms with Gasteiger partial charge in [0.25, 0.3) is 0 Å². The molecule has 0 amide bonds. The molecule has 0 aliphatic heterocycles. The molecule has 3 aromatic rings. The van der Waals surface area contributed by atoms with Crippen molar-refractivity contribution >= 4 is 33.9 Å². The van der Waals surface area contributed by atoms with Crippen LogP contribution in [-0.4, -0.2) is 22.1 Å². The second kappa shape index (κ2) is 6.89. The van der Waals surface area contributed by atoms with Gasteiger partial charge in [-0.1, -0.05) is 12.7 Å². The fourth-order valence-electron chi connectivity index (χ4n) is 2.81. The minimum Gasteiger partial charge on any atom is -0.457 e. The van der Waals surface area contributed by atoms with Crippen LogP contribution in [0.2, 0.25) is 0 Å². The normalized spacial score (nSPS) is 11.3.